The van der Waals surface area contributed by atoms with Gasteiger partial charge < -0.3 is 15.4 Å². The molecule has 1 aromatic carbocycles. The van der Waals surface area contributed by atoms with Crippen molar-refractivity contribution in [1.82, 2.24) is 10.6 Å². The number of guanidine groups is 1. The molecule has 2 aliphatic heterocycles. The van der Waals surface area contributed by atoms with Crippen molar-refractivity contribution in [3.05, 3.63) is 29.8 Å². The molecular weight excluding hydrogens is 364 g/mol. The Morgan fingerprint density at radius 2 is 2.15 bits per heavy atom. The maximum absolute atomic E-state index is 12.8. The molecule has 1 saturated heterocycles. The molecule has 0 radical (unpaired) electrons. The van der Waals surface area contributed by atoms with Gasteiger partial charge in [0.15, 0.2) is 5.96 Å². The van der Waals surface area contributed by atoms with Crippen molar-refractivity contribution in [1.29, 1.82) is 0 Å². The average Bonchev–Trinajstić information content (AvgIpc) is 3.27. The highest BCUT2D eigenvalue weighted by atomic mass is 32.2. The van der Waals surface area contributed by atoms with Gasteiger partial charge in [-0.15, -0.1) is 0 Å². The van der Waals surface area contributed by atoms with Crippen LogP contribution in [-0.2, 0) is 21.2 Å². The Morgan fingerprint density at radius 3 is 2.89 bits per heavy atom. The highest BCUT2D eigenvalue weighted by Crippen LogP contribution is 2.29. The first-order valence-corrected chi connectivity index (χ1v) is 11.3. The third-order valence-corrected chi connectivity index (χ3v) is 6.82. The number of ether oxygens (including phenoxy) is 1. The van der Waals surface area contributed by atoms with Gasteiger partial charge in [0.05, 0.1) is 23.6 Å². The molecule has 1 fully saturated rings. The van der Waals surface area contributed by atoms with Crippen LogP contribution in [0.15, 0.2) is 29.3 Å². The molecule has 150 valence electrons. The molecule has 1 aromatic rings. The smallest absolute Gasteiger partial charge is 0.236 e. The van der Waals surface area contributed by atoms with Crippen LogP contribution in [-0.4, -0.2) is 58.5 Å². The van der Waals surface area contributed by atoms with E-state index in [1.54, 1.807) is 0 Å². The second kappa shape index (κ2) is 8.48. The van der Waals surface area contributed by atoms with Gasteiger partial charge in [-0.3, -0.25) is 9.30 Å². The number of aliphatic imine (C=N–C) groups is 1. The molecule has 0 aliphatic carbocycles. The number of hydrogen-bond acceptors (Lipinski definition) is 4. The summed E-state index contributed by atoms with van der Waals surface area (Å²) in [7, 11) is -3.36. The molecule has 1 atom stereocenters. The van der Waals surface area contributed by atoms with Crippen molar-refractivity contribution in [2.24, 2.45) is 4.99 Å². The molecule has 0 bridgehead atoms. The van der Waals surface area contributed by atoms with Crippen LogP contribution in [0.25, 0.3) is 0 Å². The zero-order chi connectivity index (χ0) is 19.3. The Bertz CT molecular complexity index is 773. The standard InChI is InChI=1S/C19H30N4O3S/c1-3-20-18(22-15-19(2)10-6-13-26-19)21-11-14-27(24,25)23-12-9-16-7-4-5-8-17(16)23/h4-5,7-8H,3,6,9-15H2,1-2H3,(H2,20,21,22). The number of sulfonamides is 1. The number of hydrogen-bond donors (Lipinski definition) is 2. The molecule has 0 aromatic heterocycles. The van der Waals surface area contributed by atoms with E-state index in [9.17, 15) is 8.42 Å². The third-order valence-electron chi connectivity index (χ3n) is 5.05. The van der Waals surface area contributed by atoms with Crippen LogP contribution in [0.4, 0.5) is 5.69 Å². The number of fused-ring (bicyclic) bond motifs is 1. The van der Waals surface area contributed by atoms with Gasteiger partial charge >= 0.3 is 0 Å². The van der Waals surface area contributed by atoms with Gasteiger partial charge in [0.2, 0.25) is 10.0 Å². The maximum atomic E-state index is 12.8. The van der Waals surface area contributed by atoms with Crippen LogP contribution in [0.3, 0.4) is 0 Å². The predicted octanol–water partition coefficient (Wildman–Crippen LogP) is 1.50. The van der Waals surface area contributed by atoms with Crippen molar-refractivity contribution in [3.8, 4) is 0 Å². The third kappa shape index (κ3) is 4.93. The van der Waals surface area contributed by atoms with Crippen molar-refractivity contribution in [2.45, 2.75) is 38.7 Å². The summed E-state index contributed by atoms with van der Waals surface area (Å²) in [6.07, 6.45) is 2.83. The zero-order valence-corrected chi connectivity index (χ0v) is 17.0. The van der Waals surface area contributed by atoms with Crippen LogP contribution in [0.2, 0.25) is 0 Å². The molecule has 1 unspecified atom stereocenters. The monoisotopic (exact) mass is 394 g/mol. The summed E-state index contributed by atoms with van der Waals surface area (Å²) in [6.45, 7) is 6.96. The van der Waals surface area contributed by atoms with Gasteiger partial charge in [0, 0.05) is 26.2 Å². The molecule has 2 heterocycles. The summed E-state index contributed by atoms with van der Waals surface area (Å²) in [5, 5.41) is 6.31. The average molecular weight is 395 g/mol. The number of nitrogens with zero attached hydrogens (tertiary/aromatic N) is 2. The molecule has 3 rings (SSSR count). The fourth-order valence-electron chi connectivity index (χ4n) is 3.56. The van der Waals surface area contributed by atoms with E-state index in [0.29, 0.717) is 25.6 Å². The summed E-state index contributed by atoms with van der Waals surface area (Å²) in [5.41, 5.74) is 1.69. The summed E-state index contributed by atoms with van der Waals surface area (Å²) in [6, 6.07) is 7.70. The fourth-order valence-corrected chi connectivity index (χ4v) is 4.98. The van der Waals surface area contributed by atoms with E-state index < -0.39 is 10.0 Å². The number of para-hydroxylation sites is 1. The fraction of sp³-hybridized carbons (Fsp3) is 0.632. The van der Waals surface area contributed by atoms with Gasteiger partial charge in [-0.05, 0) is 44.7 Å². The Balaban J connectivity index is 1.56. The molecule has 0 spiro atoms. The predicted molar refractivity (Wildman–Crippen MR) is 109 cm³/mol. The van der Waals surface area contributed by atoms with E-state index in [4.69, 9.17) is 4.74 Å². The van der Waals surface area contributed by atoms with Gasteiger partial charge in [-0.1, -0.05) is 18.2 Å². The normalized spacial score (nSPS) is 22.7. The largest absolute Gasteiger partial charge is 0.373 e. The van der Waals surface area contributed by atoms with Crippen LogP contribution in [0.1, 0.15) is 32.3 Å². The van der Waals surface area contributed by atoms with Crippen molar-refractivity contribution < 1.29 is 13.2 Å². The molecule has 8 heteroatoms. The second-order valence-electron chi connectivity index (χ2n) is 7.29. The lowest BCUT2D eigenvalue weighted by molar-refractivity contribution is 0.0283. The molecule has 0 amide bonds. The Kier molecular flexibility index (Phi) is 6.26. The number of rotatable bonds is 7. The number of anilines is 1. The number of benzene rings is 1. The molecule has 2 aliphatic rings. The van der Waals surface area contributed by atoms with Gasteiger partial charge in [0.1, 0.15) is 0 Å². The van der Waals surface area contributed by atoms with E-state index in [2.05, 4.69) is 22.5 Å². The highest BCUT2D eigenvalue weighted by Gasteiger charge is 2.30. The molecular formula is C19H30N4O3S. The van der Waals surface area contributed by atoms with E-state index >= 15 is 0 Å². The lowest BCUT2D eigenvalue weighted by atomic mass is 10.0. The lowest BCUT2D eigenvalue weighted by Gasteiger charge is -2.22. The highest BCUT2D eigenvalue weighted by molar-refractivity contribution is 7.92. The Labute approximate surface area is 162 Å². The first-order chi connectivity index (χ1) is 12.9. The van der Waals surface area contributed by atoms with Crippen molar-refractivity contribution >= 4 is 21.7 Å². The molecule has 0 saturated carbocycles. The van der Waals surface area contributed by atoms with Crippen LogP contribution < -0.4 is 14.9 Å². The first kappa shape index (κ1) is 19.9. The Morgan fingerprint density at radius 1 is 1.33 bits per heavy atom. The van der Waals surface area contributed by atoms with Gasteiger partial charge in [-0.2, -0.15) is 0 Å². The van der Waals surface area contributed by atoms with E-state index in [1.807, 2.05) is 31.2 Å². The zero-order valence-electron chi connectivity index (χ0n) is 16.2. The second-order valence-corrected chi connectivity index (χ2v) is 9.30. The minimum Gasteiger partial charge on any atom is -0.373 e. The topological polar surface area (TPSA) is 83.0 Å². The summed E-state index contributed by atoms with van der Waals surface area (Å²) >= 11 is 0. The van der Waals surface area contributed by atoms with Crippen molar-refractivity contribution in [2.75, 3.05) is 42.8 Å². The minimum absolute atomic E-state index is 0.0273. The van der Waals surface area contributed by atoms with Gasteiger partial charge in [0.25, 0.3) is 0 Å². The van der Waals surface area contributed by atoms with E-state index in [1.165, 1.54) is 4.31 Å². The Hall–Kier alpha value is -1.80. The first-order valence-electron chi connectivity index (χ1n) is 9.68. The summed E-state index contributed by atoms with van der Waals surface area (Å²) in [5.74, 6) is 0.658. The van der Waals surface area contributed by atoms with E-state index in [-0.39, 0.29) is 11.4 Å². The maximum Gasteiger partial charge on any atom is 0.236 e. The molecule has 27 heavy (non-hydrogen) atoms. The quantitative estimate of drug-likeness (QED) is 0.541. The SMILES string of the molecule is CCNC(=NCC1(C)CCCO1)NCCS(=O)(=O)N1CCc2ccccc21. The van der Waals surface area contributed by atoms with Gasteiger partial charge in [-0.25, -0.2) is 8.42 Å². The lowest BCUT2D eigenvalue weighted by Crippen LogP contribution is -2.42. The molecule has 7 nitrogen and oxygen atoms in total. The van der Waals surface area contributed by atoms with E-state index in [0.717, 1.165) is 43.7 Å². The van der Waals surface area contributed by atoms with Crippen LogP contribution >= 0.6 is 0 Å². The van der Waals surface area contributed by atoms with Crippen molar-refractivity contribution in [3.63, 3.8) is 0 Å². The van der Waals surface area contributed by atoms with Crippen LogP contribution in [0.5, 0.6) is 0 Å². The van der Waals surface area contributed by atoms with Crippen LogP contribution in [0, 0.1) is 0 Å². The summed E-state index contributed by atoms with van der Waals surface area (Å²) < 4.78 is 32.8. The minimum atomic E-state index is -3.36. The number of nitrogens with one attached hydrogen (secondary N) is 2. The summed E-state index contributed by atoms with van der Waals surface area (Å²) in [4.78, 5) is 4.58. The molecule has 2 N–H and O–H groups in total.